The highest BCUT2D eigenvalue weighted by atomic mass is 16.6. The molecule has 10 heteroatoms. The number of nitrogens with zero attached hydrogens (tertiary/aromatic N) is 1. The maximum atomic E-state index is 12.7. The van der Waals surface area contributed by atoms with Gasteiger partial charge in [-0.15, -0.1) is 0 Å². The SMILES string of the molecule is CC(=O)Nc1c(/C=C2\O[C@H](COCc3ccccc3)[C@@H](OCc3ccccc3)[C@H]2OCc2ccccc2)ccnc1NC(=O)OC(C)(C)C. The molecular weight excluding hydrogens is 622 g/mol. The van der Waals surface area contributed by atoms with E-state index in [-0.39, 0.29) is 24.0 Å². The predicted molar refractivity (Wildman–Crippen MR) is 187 cm³/mol. The quantitative estimate of drug-likeness (QED) is 0.151. The summed E-state index contributed by atoms with van der Waals surface area (Å²) in [5.74, 6) is 0.252. The van der Waals surface area contributed by atoms with Crippen LogP contribution in [0.4, 0.5) is 16.3 Å². The topological polar surface area (TPSA) is 117 Å². The summed E-state index contributed by atoms with van der Waals surface area (Å²) in [5.41, 5.74) is 3.11. The van der Waals surface area contributed by atoms with Gasteiger partial charge in [0.05, 0.1) is 32.1 Å². The van der Waals surface area contributed by atoms with E-state index >= 15 is 0 Å². The number of aromatic nitrogens is 1. The summed E-state index contributed by atoms with van der Waals surface area (Å²) in [4.78, 5) is 29.4. The van der Waals surface area contributed by atoms with Gasteiger partial charge in [0.1, 0.15) is 23.6 Å². The van der Waals surface area contributed by atoms with Crippen LogP contribution in [0.1, 0.15) is 49.9 Å². The third-order valence-corrected chi connectivity index (χ3v) is 7.39. The van der Waals surface area contributed by atoms with Gasteiger partial charge in [0.2, 0.25) is 5.91 Å². The Balaban J connectivity index is 1.49. The Hall–Kier alpha value is -5.03. The van der Waals surface area contributed by atoms with Crippen molar-refractivity contribution < 1.29 is 33.3 Å². The van der Waals surface area contributed by atoms with Crippen LogP contribution in [0, 0.1) is 0 Å². The molecule has 256 valence electrons. The molecule has 10 nitrogen and oxygen atoms in total. The first kappa shape index (κ1) is 35.3. The zero-order valence-electron chi connectivity index (χ0n) is 28.3. The molecule has 0 radical (unpaired) electrons. The lowest BCUT2D eigenvalue weighted by Crippen LogP contribution is -2.37. The van der Waals surface area contributed by atoms with E-state index in [1.54, 1.807) is 32.9 Å². The Kier molecular flexibility index (Phi) is 12.2. The number of benzene rings is 3. The van der Waals surface area contributed by atoms with Crippen LogP contribution in [0.2, 0.25) is 0 Å². The van der Waals surface area contributed by atoms with Crippen molar-refractivity contribution in [2.24, 2.45) is 0 Å². The van der Waals surface area contributed by atoms with Crippen LogP contribution in [0.15, 0.2) is 109 Å². The molecule has 49 heavy (non-hydrogen) atoms. The van der Waals surface area contributed by atoms with E-state index < -0.39 is 30.0 Å². The average Bonchev–Trinajstić information content (AvgIpc) is 3.39. The van der Waals surface area contributed by atoms with Gasteiger partial charge in [-0.05, 0) is 49.6 Å². The summed E-state index contributed by atoms with van der Waals surface area (Å²) in [5, 5.41) is 5.47. The average molecular weight is 666 g/mol. The second-order valence-corrected chi connectivity index (χ2v) is 12.6. The fourth-order valence-corrected chi connectivity index (χ4v) is 5.23. The molecule has 1 aliphatic rings. The van der Waals surface area contributed by atoms with Crippen molar-refractivity contribution in [1.82, 2.24) is 4.98 Å². The van der Waals surface area contributed by atoms with Crippen molar-refractivity contribution in [3.05, 3.63) is 131 Å². The molecule has 0 saturated carbocycles. The van der Waals surface area contributed by atoms with E-state index in [1.165, 1.54) is 13.1 Å². The van der Waals surface area contributed by atoms with Crippen LogP contribution in [-0.2, 0) is 48.3 Å². The van der Waals surface area contributed by atoms with Crippen LogP contribution in [0.3, 0.4) is 0 Å². The van der Waals surface area contributed by atoms with Gasteiger partial charge in [-0.3, -0.25) is 10.1 Å². The first-order chi connectivity index (χ1) is 23.6. The molecular formula is C39H43N3O7. The Bertz CT molecular complexity index is 1690. The number of ether oxygens (including phenoxy) is 5. The number of rotatable bonds is 13. The Morgan fingerprint density at radius 1 is 0.796 bits per heavy atom. The van der Waals surface area contributed by atoms with E-state index in [4.69, 9.17) is 23.7 Å². The molecule has 3 aromatic carbocycles. The highest BCUT2D eigenvalue weighted by Crippen LogP contribution is 2.35. The molecule has 1 saturated heterocycles. The van der Waals surface area contributed by atoms with E-state index in [0.29, 0.717) is 31.1 Å². The number of pyridine rings is 1. The Morgan fingerprint density at radius 2 is 1.37 bits per heavy atom. The molecule has 3 atom stereocenters. The van der Waals surface area contributed by atoms with Crippen LogP contribution in [0.25, 0.3) is 6.08 Å². The van der Waals surface area contributed by atoms with Gasteiger partial charge in [0.15, 0.2) is 11.9 Å². The lowest BCUT2D eigenvalue weighted by molar-refractivity contribution is -0.114. The molecule has 4 aromatic rings. The maximum Gasteiger partial charge on any atom is 0.413 e. The van der Waals surface area contributed by atoms with Crippen LogP contribution < -0.4 is 10.6 Å². The Labute approximate surface area is 287 Å². The summed E-state index contributed by atoms with van der Waals surface area (Å²) < 4.78 is 31.3. The second kappa shape index (κ2) is 16.9. The summed E-state index contributed by atoms with van der Waals surface area (Å²) in [6.07, 6.45) is 0.890. The third-order valence-electron chi connectivity index (χ3n) is 7.39. The largest absolute Gasteiger partial charge is 0.487 e. The van der Waals surface area contributed by atoms with Crippen molar-refractivity contribution in [1.29, 1.82) is 0 Å². The number of hydrogen-bond donors (Lipinski definition) is 2. The molecule has 2 amide bonds. The summed E-state index contributed by atoms with van der Waals surface area (Å²) in [7, 11) is 0. The van der Waals surface area contributed by atoms with Crippen LogP contribution in [0.5, 0.6) is 0 Å². The summed E-state index contributed by atoms with van der Waals surface area (Å²) >= 11 is 0. The van der Waals surface area contributed by atoms with Crippen molar-refractivity contribution in [2.45, 2.75) is 71.4 Å². The minimum absolute atomic E-state index is 0.123. The zero-order chi connectivity index (χ0) is 34.6. The fraction of sp³-hybridized carbons (Fsp3) is 0.308. The van der Waals surface area contributed by atoms with Gasteiger partial charge < -0.3 is 29.0 Å². The molecule has 2 heterocycles. The standard InChI is InChI=1S/C39H43N3O7/c1-27(43)41-34-31(20-21-40-37(34)42-38(44)49-39(2,3)4)22-32-35(46-24-29-16-10-6-11-17-29)36(47-25-30-18-12-7-13-19-30)33(48-32)26-45-23-28-14-8-5-9-15-28/h5-22,33,35-36H,23-26H2,1-4H3,(H,41,43)(H,40,42,44)/b32-22-/t33-,35+,36-/m1/s1. The van der Waals surface area contributed by atoms with Crippen molar-refractivity contribution in [3.63, 3.8) is 0 Å². The highest BCUT2D eigenvalue weighted by molar-refractivity contribution is 5.98. The van der Waals surface area contributed by atoms with Gasteiger partial charge in [0.25, 0.3) is 0 Å². The molecule has 5 rings (SSSR count). The van der Waals surface area contributed by atoms with Gasteiger partial charge in [-0.1, -0.05) is 91.0 Å². The normalized spacial score (nSPS) is 18.1. The zero-order valence-corrected chi connectivity index (χ0v) is 28.3. The minimum atomic E-state index is -0.731. The molecule has 0 unspecified atom stereocenters. The molecule has 1 aliphatic heterocycles. The Morgan fingerprint density at radius 3 is 1.94 bits per heavy atom. The fourth-order valence-electron chi connectivity index (χ4n) is 5.23. The van der Waals surface area contributed by atoms with E-state index in [9.17, 15) is 9.59 Å². The van der Waals surface area contributed by atoms with Gasteiger partial charge in [0, 0.05) is 18.7 Å². The molecule has 0 spiro atoms. The second-order valence-electron chi connectivity index (χ2n) is 12.6. The number of nitrogens with one attached hydrogen (secondary N) is 2. The van der Waals surface area contributed by atoms with E-state index in [1.807, 2.05) is 91.0 Å². The number of anilines is 2. The van der Waals surface area contributed by atoms with Gasteiger partial charge >= 0.3 is 6.09 Å². The molecule has 2 N–H and O–H groups in total. The highest BCUT2D eigenvalue weighted by Gasteiger charge is 2.44. The summed E-state index contributed by atoms with van der Waals surface area (Å²) in [6.45, 7) is 7.94. The van der Waals surface area contributed by atoms with Crippen molar-refractivity contribution in [2.75, 3.05) is 17.2 Å². The smallest absolute Gasteiger partial charge is 0.413 e. The first-order valence-corrected chi connectivity index (χ1v) is 16.2. The lowest BCUT2D eigenvalue weighted by Gasteiger charge is -2.23. The molecule has 0 aliphatic carbocycles. The number of amides is 2. The lowest BCUT2D eigenvalue weighted by atomic mass is 10.1. The number of carbonyl (C=O) groups excluding carboxylic acids is 2. The van der Waals surface area contributed by atoms with Gasteiger partial charge in [-0.25, -0.2) is 9.78 Å². The van der Waals surface area contributed by atoms with E-state index in [2.05, 4.69) is 15.6 Å². The molecule has 0 bridgehead atoms. The summed E-state index contributed by atoms with van der Waals surface area (Å²) in [6, 6.07) is 31.4. The van der Waals surface area contributed by atoms with Crippen molar-refractivity contribution >= 4 is 29.6 Å². The molecule has 1 aromatic heterocycles. The minimum Gasteiger partial charge on any atom is -0.487 e. The molecule has 1 fully saturated rings. The number of hydrogen-bond acceptors (Lipinski definition) is 8. The van der Waals surface area contributed by atoms with Gasteiger partial charge in [-0.2, -0.15) is 0 Å². The predicted octanol–water partition coefficient (Wildman–Crippen LogP) is 7.51. The maximum absolute atomic E-state index is 12.7. The van der Waals surface area contributed by atoms with Crippen LogP contribution in [-0.4, -0.2) is 47.5 Å². The first-order valence-electron chi connectivity index (χ1n) is 16.2. The van der Waals surface area contributed by atoms with Crippen molar-refractivity contribution in [3.8, 4) is 0 Å². The monoisotopic (exact) mass is 665 g/mol. The number of carbonyl (C=O) groups is 2. The van der Waals surface area contributed by atoms with E-state index in [0.717, 1.165) is 16.7 Å². The third kappa shape index (κ3) is 10.7. The van der Waals surface area contributed by atoms with Crippen LogP contribution >= 0.6 is 0 Å².